The van der Waals surface area contributed by atoms with Crippen LogP contribution in [0.2, 0.25) is 0 Å². The van der Waals surface area contributed by atoms with Gasteiger partial charge in [0, 0.05) is 17.6 Å². The van der Waals surface area contributed by atoms with E-state index in [1.807, 2.05) is 6.20 Å². The van der Waals surface area contributed by atoms with E-state index in [1.165, 1.54) is 15.5 Å². The molecule has 0 bridgehead atoms. The first-order valence-electron chi connectivity index (χ1n) is 5.52. The maximum atomic E-state index is 4.42. The smallest absolute Gasteiger partial charge is 0.109 e. The largest absolute Gasteiger partial charge is 0.304 e. The fourth-order valence-corrected chi connectivity index (χ4v) is 2.08. The van der Waals surface area contributed by atoms with Crippen molar-refractivity contribution in [2.24, 2.45) is 0 Å². The Kier molecular flexibility index (Phi) is 4.99. The minimum absolute atomic E-state index is 0.332. The predicted molar refractivity (Wildman–Crippen MR) is 67.3 cm³/mol. The number of aryl methyl sites for hydroxylation is 1. The van der Waals surface area contributed by atoms with Gasteiger partial charge in [-0.2, -0.15) is 0 Å². The maximum absolute atomic E-state index is 4.42. The molecular formula is C12H20N2S. The van der Waals surface area contributed by atoms with Crippen LogP contribution >= 0.6 is 11.3 Å². The first-order valence-corrected chi connectivity index (χ1v) is 6.33. The zero-order chi connectivity index (χ0) is 11.3. The summed E-state index contributed by atoms with van der Waals surface area (Å²) in [5, 5.41) is 4.61. The first-order chi connectivity index (χ1) is 7.17. The lowest BCUT2D eigenvalue weighted by Crippen LogP contribution is -2.20. The molecule has 0 aromatic carbocycles. The first kappa shape index (κ1) is 12.4. The van der Waals surface area contributed by atoms with Crippen molar-refractivity contribution in [3.05, 3.63) is 28.2 Å². The van der Waals surface area contributed by atoms with Gasteiger partial charge in [-0.15, -0.1) is 11.3 Å². The van der Waals surface area contributed by atoms with E-state index in [0.717, 1.165) is 19.4 Å². The number of nitrogens with zero attached hydrogens (tertiary/aromatic N) is 1. The molecule has 15 heavy (non-hydrogen) atoms. The zero-order valence-corrected chi connectivity index (χ0v) is 10.7. The number of hydrogen-bond donors (Lipinski definition) is 1. The third-order valence-electron chi connectivity index (χ3n) is 2.45. The van der Waals surface area contributed by atoms with Crippen LogP contribution in [-0.2, 0) is 6.42 Å². The van der Waals surface area contributed by atoms with Crippen molar-refractivity contribution in [3.63, 3.8) is 0 Å². The lowest BCUT2D eigenvalue weighted by Gasteiger charge is -2.11. The Morgan fingerprint density at radius 2 is 2.33 bits per heavy atom. The highest BCUT2D eigenvalue weighted by molar-refractivity contribution is 7.11. The van der Waals surface area contributed by atoms with Crippen LogP contribution in [0.25, 0.3) is 0 Å². The van der Waals surface area contributed by atoms with Crippen molar-refractivity contribution in [1.82, 2.24) is 10.3 Å². The second-order valence-corrected chi connectivity index (χ2v) is 4.87. The van der Waals surface area contributed by atoms with E-state index in [0.29, 0.717) is 6.04 Å². The summed E-state index contributed by atoms with van der Waals surface area (Å²) in [6.07, 6.45) is 4.09. The highest BCUT2D eigenvalue weighted by Crippen LogP contribution is 2.20. The van der Waals surface area contributed by atoms with Gasteiger partial charge in [-0.25, -0.2) is 4.98 Å². The van der Waals surface area contributed by atoms with Crippen LogP contribution < -0.4 is 5.32 Å². The van der Waals surface area contributed by atoms with Crippen molar-refractivity contribution in [1.29, 1.82) is 0 Å². The third kappa shape index (κ3) is 3.76. The summed E-state index contributed by atoms with van der Waals surface area (Å²) in [6.45, 7) is 11.3. The van der Waals surface area contributed by atoms with Gasteiger partial charge in [0.05, 0.1) is 6.04 Å². The normalized spacial score (nSPS) is 12.7. The molecule has 0 spiro atoms. The van der Waals surface area contributed by atoms with E-state index in [9.17, 15) is 0 Å². The van der Waals surface area contributed by atoms with Gasteiger partial charge >= 0.3 is 0 Å². The van der Waals surface area contributed by atoms with E-state index in [-0.39, 0.29) is 0 Å². The van der Waals surface area contributed by atoms with E-state index in [4.69, 9.17) is 0 Å². The molecule has 0 saturated carbocycles. The van der Waals surface area contributed by atoms with Crippen LogP contribution in [-0.4, -0.2) is 11.5 Å². The molecule has 0 saturated heterocycles. The minimum atomic E-state index is 0.332. The predicted octanol–water partition coefficient (Wildman–Crippen LogP) is 3.32. The molecule has 2 nitrogen and oxygen atoms in total. The van der Waals surface area contributed by atoms with Crippen LogP contribution in [0.3, 0.4) is 0 Å². The molecular weight excluding hydrogens is 204 g/mol. The third-order valence-corrected chi connectivity index (χ3v) is 3.77. The van der Waals surface area contributed by atoms with E-state index in [2.05, 4.69) is 37.7 Å². The van der Waals surface area contributed by atoms with Gasteiger partial charge in [-0.3, -0.25) is 0 Å². The molecule has 1 heterocycles. The Labute approximate surface area is 96.4 Å². The second kappa shape index (κ2) is 6.03. The summed E-state index contributed by atoms with van der Waals surface area (Å²) in [4.78, 5) is 5.77. The van der Waals surface area contributed by atoms with Crippen molar-refractivity contribution < 1.29 is 0 Å². The molecule has 1 unspecified atom stereocenters. The Morgan fingerprint density at radius 1 is 1.60 bits per heavy atom. The molecule has 0 aliphatic carbocycles. The number of nitrogens with one attached hydrogen (secondary N) is 1. The summed E-state index contributed by atoms with van der Waals surface area (Å²) < 4.78 is 0. The lowest BCUT2D eigenvalue weighted by molar-refractivity contribution is 0.598. The van der Waals surface area contributed by atoms with Gasteiger partial charge in [0.15, 0.2) is 0 Å². The van der Waals surface area contributed by atoms with E-state index < -0.39 is 0 Å². The molecule has 1 N–H and O–H groups in total. The molecule has 1 rings (SSSR count). The van der Waals surface area contributed by atoms with Gasteiger partial charge < -0.3 is 5.32 Å². The molecule has 0 aliphatic rings. The van der Waals surface area contributed by atoms with Gasteiger partial charge in [0.2, 0.25) is 0 Å². The summed E-state index contributed by atoms with van der Waals surface area (Å²) in [6, 6.07) is 0.332. The van der Waals surface area contributed by atoms with Gasteiger partial charge in [0.1, 0.15) is 5.01 Å². The molecule has 84 valence electrons. The Balaban J connectivity index is 2.46. The Morgan fingerprint density at radius 3 is 2.87 bits per heavy atom. The summed E-state index contributed by atoms with van der Waals surface area (Å²) >= 11 is 1.80. The van der Waals surface area contributed by atoms with Crippen LogP contribution in [0.4, 0.5) is 0 Å². The SMILES string of the molecule is C=C(CC)CNC(C)c1ncc(CC)s1. The zero-order valence-electron chi connectivity index (χ0n) is 9.84. The highest BCUT2D eigenvalue weighted by atomic mass is 32.1. The van der Waals surface area contributed by atoms with Crippen molar-refractivity contribution >= 4 is 11.3 Å². The monoisotopic (exact) mass is 224 g/mol. The average molecular weight is 224 g/mol. The molecule has 1 aromatic heterocycles. The fourth-order valence-electron chi connectivity index (χ4n) is 1.20. The summed E-state index contributed by atoms with van der Waals surface area (Å²) in [5.74, 6) is 0. The number of rotatable bonds is 6. The molecule has 3 heteroatoms. The van der Waals surface area contributed by atoms with Crippen LogP contribution in [0.15, 0.2) is 18.3 Å². The lowest BCUT2D eigenvalue weighted by atomic mass is 10.2. The number of hydrogen-bond acceptors (Lipinski definition) is 3. The van der Waals surface area contributed by atoms with Crippen LogP contribution in [0, 0.1) is 0 Å². The molecule has 0 amide bonds. The minimum Gasteiger partial charge on any atom is -0.304 e. The van der Waals surface area contributed by atoms with Crippen molar-refractivity contribution in [3.8, 4) is 0 Å². The fraction of sp³-hybridized carbons (Fsp3) is 0.583. The van der Waals surface area contributed by atoms with E-state index in [1.54, 1.807) is 11.3 Å². The van der Waals surface area contributed by atoms with E-state index >= 15 is 0 Å². The summed E-state index contributed by atoms with van der Waals surface area (Å²) in [5.41, 5.74) is 1.24. The maximum Gasteiger partial charge on any atom is 0.109 e. The standard InChI is InChI=1S/C12H20N2S/c1-5-9(3)7-13-10(4)12-14-8-11(6-2)15-12/h8,10,13H,3,5-7H2,1-2,4H3. The van der Waals surface area contributed by atoms with Gasteiger partial charge in [-0.1, -0.05) is 26.0 Å². The molecule has 0 aliphatic heterocycles. The second-order valence-electron chi connectivity index (χ2n) is 3.72. The number of thiazole rings is 1. The summed E-state index contributed by atoms with van der Waals surface area (Å²) in [7, 11) is 0. The average Bonchev–Trinajstić information content (AvgIpc) is 2.73. The van der Waals surface area contributed by atoms with Crippen LogP contribution in [0.1, 0.15) is 43.1 Å². The van der Waals surface area contributed by atoms with Gasteiger partial charge in [0.25, 0.3) is 0 Å². The van der Waals surface area contributed by atoms with Gasteiger partial charge in [-0.05, 0) is 19.8 Å². The molecule has 1 atom stereocenters. The Bertz CT molecular complexity index is 317. The number of aromatic nitrogens is 1. The quantitative estimate of drug-likeness (QED) is 0.750. The highest BCUT2D eigenvalue weighted by Gasteiger charge is 2.09. The molecule has 0 radical (unpaired) electrons. The van der Waals surface area contributed by atoms with Crippen molar-refractivity contribution in [2.75, 3.05) is 6.54 Å². The van der Waals surface area contributed by atoms with Crippen LogP contribution in [0.5, 0.6) is 0 Å². The Hall–Kier alpha value is -0.670. The van der Waals surface area contributed by atoms with Crippen molar-refractivity contribution in [2.45, 2.75) is 39.7 Å². The topological polar surface area (TPSA) is 24.9 Å². The molecule has 0 fully saturated rings. The molecule has 1 aromatic rings.